The predicted octanol–water partition coefficient (Wildman–Crippen LogP) is 0.267. The molecule has 0 spiro atoms. The number of likely N-dealkylation sites (tertiary alicyclic amines) is 1. The summed E-state index contributed by atoms with van der Waals surface area (Å²) in [6, 6.07) is -0.937. The van der Waals surface area contributed by atoms with Crippen molar-refractivity contribution in [2.75, 3.05) is 19.6 Å². The van der Waals surface area contributed by atoms with Crippen LogP contribution in [0.5, 0.6) is 0 Å². The lowest BCUT2D eigenvalue weighted by molar-refractivity contribution is -0.135. The third kappa shape index (κ3) is 4.70. The average molecular weight is 270 g/mol. The van der Waals surface area contributed by atoms with Crippen molar-refractivity contribution in [1.29, 1.82) is 0 Å². The predicted molar refractivity (Wildman–Crippen MR) is 74.3 cm³/mol. The van der Waals surface area contributed by atoms with Gasteiger partial charge >= 0.3 is 6.03 Å². The molecule has 19 heavy (non-hydrogen) atoms. The van der Waals surface area contributed by atoms with Crippen molar-refractivity contribution in [1.82, 2.24) is 10.2 Å². The molecule has 6 nitrogen and oxygen atoms in total. The first kappa shape index (κ1) is 15.8. The molecule has 1 aliphatic heterocycles. The maximum absolute atomic E-state index is 12.3. The zero-order valence-corrected chi connectivity index (χ0v) is 11.9. The van der Waals surface area contributed by atoms with E-state index in [4.69, 9.17) is 11.5 Å². The van der Waals surface area contributed by atoms with Gasteiger partial charge in [0.15, 0.2) is 0 Å². The van der Waals surface area contributed by atoms with Gasteiger partial charge in [0.25, 0.3) is 0 Å². The van der Waals surface area contributed by atoms with Crippen LogP contribution < -0.4 is 16.8 Å². The molecule has 1 rings (SSSR count). The molecule has 110 valence electrons. The smallest absolute Gasteiger partial charge is 0.312 e. The standard InChI is InChI=1S/C13H26N4O2/c1-3-9(2)11(14)12(18)17-6-4-5-10(8-17)7-16-13(15)19/h9-11H,3-8,14H2,1-2H3,(H3,15,16,19). The molecular weight excluding hydrogens is 244 g/mol. The SMILES string of the molecule is CCC(C)C(N)C(=O)N1CCCC(CNC(N)=O)C1. The minimum atomic E-state index is -0.514. The van der Waals surface area contributed by atoms with E-state index in [-0.39, 0.29) is 17.7 Å². The van der Waals surface area contributed by atoms with Gasteiger partial charge in [-0.2, -0.15) is 0 Å². The van der Waals surface area contributed by atoms with Gasteiger partial charge in [0.05, 0.1) is 6.04 Å². The van der Waals surface area contributed by atoms with Gasteiger partial charge in [-0.1, -0.05) is 20.3 Å². The Morgan fingerprint density at radius 2 is 2.16 bits per heavy atom. The lowest BCUT2D eigenvalue weighted by atomic mass is 9.94. The van der Waals surface area contributed by atoms with E-state index in [0.717, 1.165) is 25.8 Å². The van der Waals surface area contributed by atoms with Crippen molar-refractivity contribution in [2.45, 2.75) is 39.2 Å². The molecule has 5 N–H and O–H groups in total. The first-order valence-corrected chi connectivity index (χ1v) is 7.03. The fourth-order valence-corrected chi connectivity index (χ4v) is 2.38. The summed E-state index contributed by atoms with van der Waals surface area (Å²) in [4.78, 5) is 24.8. The average Bonchev–Trinajstić information content (AvgIpc) is 2.42. The number of carbonyl (C=O) groups is 2. The fraction of sp³-hybridized carbons (Fsp3) is 0.846. The highest BCUT2D eigenvalue weighted by molar-refractivity contribution is 5.82. The lowest BCUT2D eigenvalue weighted by Gasteiger charge is -2.35. The van der Waals surface area contributed by atoms with Gasteiger partial charge in [0, 0.05) is 19.6 Å². The van der Waals surface area contributed by atoms with Gasteiger partial charge in [-0.3, -0.25) is 4.79 Å². The number of amides is 3. The van der Waals surface area contributed by atoms with Crippen LogP contribution in [-0.4, -0.2) is 42.5 Å². The summed E-state index contributed by atoms with van der Waals surface area (Å²) >= 11 is 0. The zero-order valence-electron chi connectivity index (χ0n) is 11.9. The van der Waals surface area contributed by atoms with Crippen LogP contribution in [0.3, 0.4) is 0 Å². The Kier molecular flexibility index (Phi) is 6.08. The van der Waals surface area contributed by atoms with Gasteiger partial charge in [-0.25, -0.2) is 4.79 Å². The van der Waals surface area contributed by atoms with E-state index in [1.807, 2.05) is 18.7 Å². The van der Waals surface area contributed by atoms with Crippen molar-refractivity contribution < 1.29 is 9.59 Å². The number of hydrogen-bond donors (Lipinski definition) is 3. The number of nitrogens with one attached hydrogen (secondary N) is 1. The van der Waals surface area contributed by atoms with E-state index >= 15 is 0 Å². The second-order valence-corrected chi connectivity index (χ2v) is 5.45. The number of primary amides is 1. The fourth-order valence-electron chi connectivity index (χ4n) is 2.38. The molecule has 0 saturated carbocycles. The minimum absolute atomic E-state index is 0.0260. The van der Waals surface area contributed by atoms with Gasteiger partial charge in [0.2, 0.25) is 5.91 Å². The molecule has 0 aromatic rings. The number of hydrogen-bond acceptors (Lipinski definition) is 3. The highest BCUT2D eigenvalue weighted by Gasteiger charge is 2.29. The molecule has 0 aromatic carbocycles. The molecule has 1 heterocycles. The number of rotatable bonds is 5. The molecule has 6 heteroatoms. The van der Waals surface area contributed by atoms with Gasteiger partial charge in [-0.05, 0) is 24.7 Å². The Bertz CT molecular complexity index is 322. The zero-order chi connectivity index (χ0) is 14.4. The highest BCUT2D eigenvalue weighted by atomic mass is 16.2. The summed E-state index contributed by atoms with van der Waals surface area (Å²) < 4.78 is 0. The van der Waals surface area contributed by atoms with E-state index < -0.39 is 12.1 Å². The number of urea groups is 1. The lowest BCUT2D eigenvalue weighted by Crippen LogP contribution is -2.51. The van der Waals surface area contributed by atoms with Crippen LogP contribution in [0.15, 0.2) is 0 Å². The molecule has 0 aromatic heterocycles. The highest BCUT2D eigenvalue weighted by Crippen LogP contribution is 2.18. The maximum Gasteiger partial charge on any atom is 0.312 e. The Balaban J connectivity index is 2.49. The van der Waals surface area contributed by atoms with Crippen molar-refractivity contribution >= 4 is 11.9 Å². The minimum Gasteiger partial charge on any atom is -0.352 e. The Labute approximate surface area is 114 Å². The molecular formula is C13H26N4O2. The topological polar surface area (TPSA) is 101 Å². The van der Waals surface area contributed by atoms with Crippen LogP contribution in [0.25, 0.3) is 0 Å². The van der Waals surface area contributed by atoms with Gasteiger partial charge < -0.3 is 21.7 Å². The van der Waals surface area contributed by atoms with Crippen LogP contribution in [-0.2, 0) is 4.79 Å². The van der Waals surface area contributed by atoms with Crippen LogP contribution in [0, 0.1) is 11.8 Å². The first-order valence-electron chi connectivity index (χ1n) is 7.03. The van der Waals surface area contributed by atoms with E-state index in [0.29, 0.717) is 13.1 Å². The Hall–Kier alpha value is -1.30. The van der Waals surface area contributed by atoms with E-state index in [1.54, 1.807) is 0 Å². The van der Waals surface area contributed by atoms with Crippen molar-refractivity contribution in [3.63, 3.8) is 0 Å². The molecule has 0 bridgehead atoms. The van der Waals surface area contributed by atoms with Crippen molar-refractivity contribution in [3.05, 3.63) is 0 Å². The summed E-state index contributed by atoms with van der Waals surface area (Å²) in [6.45, 7) is 5.98. The van der Waals surface area contributed by atoms with E-state index in [2.05, 4.69) is 5.32 Å². The monoisotopic (exact) mass is 270 g/mol. The van der Waals surface area contributed by atoms with Crippen molar-refractivity contribution in [3.8, 4) is 0 Å². The van der Waals surface area contributed by atoms with Crippen LogP contribution >= 0.6 is 0 Å². The summed E-state index contributed by atoms with van der Waals surface area (Å²) in [6.07, 6.45) is 2.85. The largest absolute Gasteiger partial charge is 0.352 e. The molecule has 0 radical (unpaired) electrons. The third-order valence-electron chi connectivity index (χ3n) is 3.94. The second-order valence-electron chi connectivity index (χ2n) is 5.45. The summed E-state index contributed by atoms with van der Waals surface area (Å²) in [7, 11) is 0. The number of nitrogens with zero attached hydrogens (tertiary/aromatic N) is 1. The molecule has 3 unspecified atom stereocenters. The Morgan fingerprint density at radius 3 is 2.74 bits per heavy atom. The first-order chi connectivity index (χ1) is 8.95. The summed E-state index contributed by atoms with van der Waals surface area (Å²) in [5.41, 5.74) is 11.0. The number of nitrogens with two attached hydrogens (primary N) is 2. The van der Waals surface area contributed by atoms with E-state index in [9.17, 15) is 9.59 Å². The van der Waals surface area contributed by atoms with Crippen LogP contribution in [0.2, 0.25) is 0 Å². The quantitative estimate of drug-likeness (QED) is 0.668. The molecule has 3 atom stereocenters. The Morgan fingerprint density at radius 1 is 1.47 bits per heavy atom. The summed E-state index contributed by atoms with van der Waals surface area (Å²) in [5, 5.41) is 2.61. The number of piperidine rings is 1. The molecule has 1 aliphatic rings. The van der Waals surface area contributed by atoms with Crippen molar-refractivity contribution in [2.24, 2.45) is 23.3 Å². The van der Waals surface area contributed by atoms with E-state index in [1.165, 1.54) is 0 Å². The van der Waals surface area contributed by atoms with Gasteiger partial charge in [0.1, 0.15) is 0 Å². The summed E-state index contributed by atoms with van der Waals surface area (Å²) in [5.74, 6) is 0.490. The normalized spacial score (nSPS) is 22.7. The van der Waals surface area contributed by atoms with Crippen LogP contribution in [0.1, 0.15) is 33.1 Å². The molecule has 0 aliphatic carbocycles. The molecule has 1 fully saturated rings. The maximum atomic E-state index is 12.3. The molecule has 3 amide bonds. The second kappa shape index (κ2) is 7.33. The molecule has 1 saturated heterocycles. The van der Waals surface area contributed by atoms with Gasteiger partial charge in [-0.15, -0.1) is 0 Å². The number of carbonyl (C=O) groups excluding carboxylic acids is 2. The third-order valence-corrected chi connectivity index (χ3v) is 3.94. The van der Waals surface area contributed by atoms with Crippen LogP contribution in [0.4, 0.5) is 4.79 Å².